The zero-order chi connectivity index (χ0) is 14.5. The molecule has 102 valence electrons. The minimum Gasteiger partial charge on any atom is -0.465 e. The van der Waals surface area contributed by atoms with Crippen LogP contribution in [0.25, 0.3) is 0 Å². The molecule has 0 radical (unpaired) electrons. The van der Waals surface area contributed by atoms with E-state index in [-0.39, 0.29) is 6.61 Å². The van der Waals surface area contributed by atoms with Crippen LogP contribution in [0.5, 0.6) is 0 Å². The number of carbonyl (C=O) groups excluding carboxylic acids is 4. The molecule has 0 spiro atoms. The summed E-state index contributed by atoms with van der Waals surface area (Å²) < 4.78 is 9.48. The van der Waals surface area contributed by atoms with Crippen LogP contribution >= 0.6 is 0 Å². The molecule has 0 aliphatic carbocycles. The Morgan fingerprint density at radius 2 is 1.61 bits per heavy atom. The number of ketones is 2. The van der Waals surface area contributed by atoms with Gasteiger partial charge in [0.05, 0.1) is 6.61 Å². The van der Waals surface area contributed by atoms with Crippen molar-refractivity contribution in [3.8, 4) is 0 Å². The molecule has 0 aromatic carbocycles. The molecule has 6 nitrogen and oxygen atoms in total. The molecule has 0 saturated carbocycles. The molecule has 0 aliphatic rings. The van der Waals surface area contributed by atoms with E-state index in [4.69, 9.17) is 4.74 Å². The van der Waals surface area contributed by atoms with Crippen molar-refractivity contribution >= 4 is 23.5 Å². The zero-order valence-electron chi connectivity index (χ0n) is 11.2. The van der Waals surface area contributed by atoms with Crippen LogP contribution in [-0.4, -0.2) is 35.7 Å². The SMILES string of the molecule is CCOC(=O)C(C(C)=O)C(=O)C(C)(C)OC(C)=O. The van der Waals surface area contributed by atoms with E-state index < -0.39 is 35.0 Å². The van der Waals surface area contributed by atoms with Crippen LogP contribution in [0.1, 0.15) is 34.6 Å². The normalized spacial score (nSPS) is 12.5. The molecule has 0 saturated heterocycles. The van der Waals surface area contributed by atoms with Crippen molar-refractivity contribution in [2.75, 3.05) is 6.61 Å². The van der Waals surface area contributed by atoms with Gasteiger partial charge in [-0.1, -0.05) is 0 Å². The second kappa shape index (κ2) is 6.28. The van der Waals surface area contributed by atoms with Crippen molar-refractivity contribution in [3.05, 3.63) is 0 Å². The zero-order valence-corrected chi connectivity index (χ0v) is 11.2. The predicted octanol–water partition coefficient (Wildman–Crippen LogP) is 0.665. The molecule has 0 fully saturated rings. The summed E-state index contributed by atoms with van der Waals surface area (Å²) in [7, 11) is 0. The first-order valence-electron chi connectivity index (χ1n) is 5.54. The van der Waals surface area contributed by atoms with Crippen LogP contribution in [-0.2, 0) is 28.7 Å². The minimum atomic E-state index is -1.56. The lowest BCUT2D eigenvalue weighted by Gasteiger charge is -2.25. The summed E-state index contributed by atoms with van der Waals surface area (Å²) in [6, 6.07) is 0. The van der Waals surface area contributed by atoms with Gasteiger partial charge < -0.3 is 9.47 Å². The molecule has 6 heteroatoms. The molecule has 0 rings (SSSR count). The van der Waals surface area contributed by atoms with Crippen molar-refractivity contribution in [3.63, 3.8) is 0 Å². The van der Waals surface area contributed by atoms with Crippen molar-refractivity contribution < 1.29 is 28.7 Å². The van der Waals surface area contributed by atoms with Crippen LogP contribution in [0.2, 0.25) is 0 Å². The number of esters is 2. The molecule has 0 N–H and O–H groups in total. The van der Waals surface area contributed by atoms with E-state index in [1.54, 1.807) is 6.92 Å². The van der Waals surface area contributed by atoms with Crippen LogP contribution in [0, 0.1) is 5.92 Å². The lowest BCUT2D eigenvalue weighted by Crippen LogP contribution is -2.46. The Labute approximate surface area is 106 Å². The van der Waals surface area contributed by atoms with Gasteiger partial charge in [0.15, 0.2) is 23.1 Å². The molecular weight excluding hydrogens is 240 g/mol. The number of Topliss-reactive ketones (excluding diaryl/α,β-unsaturated/α-hetero) is 2. The maximum absolute atomic E-state index is 12.1. The minimum absolute atomic E-state index is 0.0594. The molecule has 18 heavy (non-hydrogen) atoms. The van der Waals surface area contributed by atoms with Gasteiger partial charge in [-0.3, -0.25) is 19.2 Å². The second-order valence-corrected chi connectivity index (χ2v) is 4.26. The van der Waals surface area contributed by atoms with E-state index >= 15 is 0 Å². The quantitative estimate of drug-likeness (QED) is 0.514. The maximum atomic E-state index is 12.1. The van der Waals surface area contributed by atoms with Crippen molar-refractivity contribution in [1.29, 1.82) is 0 Å². The fraction of sp³-hybridized carbons (Fsp3) is 0.667. The van der Waals surface area contributed by atoms with Gasteiger partial charge in [0.25, 0.3) is 0 Å². The first kappa shape index (κ1) is 16.3. The summed E-state index contributed by atoms with van der Waals surface area (Å²) in [6.45, 7) is 6.53. The average Bonchev–Trinajstić information content (AvgIpc) is 2.15. The Kier molecular flexibility index (Phi) is 5.68. The largest absolute Gasteiger partial charge is 0.465 e. The average molecular weight is 258 g/mol. The molecule has 0 aromatic rings. The van der Waals surface area contributed by atoms with Crippen LogP contribution in [0.4, 0.5) is 0 Å². The van der Waals surface area contributed by atoms with Gasteiger partial charge in [-0.25, -0.2) is 0 Å². The lowest BCUT2D eigenvalue weighted by molar-refractivity contribution is -0.169. The van der Waals surface area contributed by atoms with Gasteiger partial charge in [-0.05, 0) is 27.7 Å². The van der Waals surface area contributed by atoms with Crippen LogP contribution in [0.15, 0.2) is 0 Å². The Bertz CT molecular complexity index is 369. The van der Waals surface area contributed by atoms with Gasteiger partial charge in [-0.2, -0.15) is 0 Å². The smallest absolute Gasteiger partial charge is 0.324 e. The van der Waals surface area contributed by atoms with Crippen molar-refractivity contribution in [1.82, 2.24) is 0 Å². The molecular formula is C12H18O6. The van der Waals surface area contributed by atoms with E-state index in [1.165, 1.54) is 13.8 Å². The van der Waals surface area contributed by atoms with E-state index in [2.05, 4.69) is 4.74 Å². The molecule has 0 amide bonds. The Hall–Kier alpha value is -1.72. The van der Waals surface area contributed by atoms with E-state index in [1.807, 2.05) is 0 Å². The first-order valence-corrected chi connectivity index (χ1v) is 5.54. The highest BCUT2D eigenvalue weighted by atomic mass is 16.6. The fourth-order valence-corrected chi connectivity index (χ4v) is 1.44. The van der Waals surface area contributed by atoms with Gasteiger partial charge >= 0.3 is 11.9 Å². The monoisotopic (exact) mass is 258 g/mol. The number of rotatable bonds is 6. The van der Waals surface area contributed by atoms with E-state index in [0.717, 1.165) is 13.8 Å². The van der Waals surface area contributed by atoms with Crippen molar-refractivity contribution in [2.45, 2.75) is 40.2 Å². The standard InChI is InChI=1S/C12H18O6/c1-6-17-11(16)9(7(2)13)10(15)12(4,5)18-8(3)14/h9H,6H2,1-5H3. The molecule has 1 atom stereocenters. The highest BCUT2D eigenvalue weighted by molar-refractivity contribution is 6.19. The Morgan fingerprint density at radius 3 is 1.94 bits per heavy atom. The molecule has 0 aliphatic heterocycles. The topological polar surface area (TPSA) is 86.7 Å². The van der Waals surface area contributed by atoms with E-state index in [0.29, 0.717) is 0 Å². The maximum Gasteiger partial charge on any atom is 0.324 e. The van der Waals surface area contributed by atoms with Crippen molar-refractivity contribution in [2.24, 2.45) is 5.92 Å². The van der Waals surface area contributed by atoms with E-state index in [9.17, 15) is 19.2 Å². The summed E-state index contributed by atoms with van der Waals surface area (Å²) in [4.78, 5) is 45.9. The third-order valence-corrected chi connectivity index (χ3v) is 2.18. The molecule has 0 heterocycles. The predicted molar refractivity (Wildman–Crippen MR) is 61.7 cm³/mol. The summed E-state index contributed by atoms with van der Waals surface area (Å²) in [5.74, 6) is -4.57. The third kappa shape index (κ3) is 4.27. The Balaban J connectivity index is 5.14. The lowest BCUT2D eigenvalue weighted by atomic mass is 9.89. The third-order valence-electron chi connectivity index (χ3n) is 2.18. The second-order valence-electron chi connectivity index (χ2n) is 4.26. The van der Waals surface area contributed by atoms with Crippen LogP contribution < -0.4 is 0 Å². The highest BCUT2D eigenvalue weighted by Crippen LogP contribution is 2.19. The fourth-order valence-electron chi connectivity index (χ4n) is 1.44. The van der Waals surface area contributed by atoms with Crippen LogP contribution in [0.3, 0.4) is 0 Å². The summed E-state index contributed by atoms with van der Waals surface area (Å²) in [5, 5.41) is 0. The van der Waals surface area contributed by atoms with Gasteiger partial charge in [0.1, 0.15) is 0 Å². The number of hydrogen-bond donors (Lipinski definition) is 0. The summed E-state index contributed by atoms with van der Waals surface area (Å²) in [5.41, 5.74) is -1.55. The van der Waals surface area contributed by atoms with Gasteiger partial charge in [0, 0.05) is 6.92 Å². The van der Waals surface area contributed by atoms with Gasteiger partial charge in [-0.15, -0.1) is 0 Å². The first-order chi connectivity index (χ1) is 8.13. The molecule has 0 bridgehead atoms. The summed E-state index contributed by atoms with van der Waals surface area (Å²) in [6.07, 6.45) is 0. The molecule has 1 unspecified atom stereocenters. The van der Waals surface area contributed by atoms with Gasteiger partial charge in [0.2, 0.25) is 0 Å². The number of ether oxygens (including phenoxy) is 2. The number of carbonyl (C=O) groups is 4. The highest BCUT2D eigenvalue weighted by Gasteiger charge is 2.43. The summed E-state index contributed by atoms with van der Waals surface area (Å²) >= 11 is 0. The molecule has 0 aromatic heterocycles. The number of hydrogen-bond acceptors (Lipinski definition) is 6. The Morgan fingerprint density at radius 1 is 1.11 bits per heavy atom.